The van der Waals surface area contributed by atoms with E-state index >= 15 is 0 Å². The molecule has 1 nitrogen and oxygen atoms in total. The maximum atomic E-state index is 5.76. The van der Waals surface area contributed by atoms with Crippen LogP contribution in [0.5, 0.6) is 0 Å². The van der Waals surface area contributed by atoms with E-state index in [4.69, 9.17) is 23.2 Å². The summed E-state index contributed by atoms with van der Waals surface area (Å²) >= 11 is 11.5. The average molecular weight is 176 g/mol. The minimum absolute atomic E-state index is 0.133. The monoisotopic (exact) mass is 175 g/mol. The van der Waals surface area contributed by atoms with E-state index in [1.165, 1.54) is 0 Å². The maximum Gasteiger partial charge on any atom is 0.0871 e. The minimum Gasteiger partial charge on any atom is -0.263 e. The van der Waals surface area contributed by atoms with Crippen LogP contribution in [0.3, 0.4) is 0 Å². The van der Waals surface area contributed by atoms with Crippen molar-refractivity contribution in [3.63, 3.8) is 0 Å². The standard InChI is InChI=1S/C7H7Cl2N/c1-5-7(9)3-2-6(8)4-10-5/h2-4,6H,1H3. The van der Waals surface area contributed by atoms with Gasteiger partial charge in [-0.15, -0.1) is 11.6 Å². The first-order valence-corrected chi connectivity index (χ1v) is 3.74. The van der Waals surface area contributed by atoms with Crippen molar-refractivity contribution in [1.29, 1.82) is 0 Å². The van der Waals surface area contributed by atoms with E-state index in [0.29, 0.717) is 5.03 Å². The Bertz CT molecular complexity index is 194. The summed E-state index contributed by atoms with van der Waals surface area (Å²) in [6.07, 6.45) is 5.22. The zero-order valence-corrected chi connectivity index (χ0v) is 7.02. The Kier molecular flexibility index (Phi) is 2.52. The van der Waals surface area contributed by atoms with Crippen LogP contribution in [-0.4, -0.2) is 11.6 Å². The molecule has 0 saturated carbocycles. The van der Waals surface area contributed by atoms with Crippen LogP contribution in [0.15, 0.2) is 27.9 Å². The number of hydrogen-bond acceptors (Lipinski definition) is 1. The average Bonchev–Trinajstić information content (AvgIpc) is 2.04. The lowest BCUT2D eigenvalue weighted by atomic mass is 10.4. The molecule has 10 heavy (non-hydrogen) atoms. The minimum atomic E-state index is -0.133. The molecule has 1 unspecified atom stereocenters. The van der Waals surface area contributed by atoms with Crippen LogP contribution in [0, 0.1) is 0 Å². The van der Waals surface area contributed by atoms with Crippen LogP contribution < -0.4 is 0 Å². The van der Waals surface area contributed by atoms with Gasteiger partial charge in [-0.1, -0.05) is 17.7 Å². The third-order valence-corrected chi connectivity index (χ3v) is 1.84. The van der Waals surface area contributed by atoms with Crippen molar-refractivity contribution < 1.29 is 0 Å². The summed E-state index contributed by atoms with van der Waals surface area (Å²) in [4.78, 5) is 4.01. The fourth-order valence-electron chi connectivity index (χ4n) is 0.591. The third kappa shape index (κ3) is 1.86. The largest absolute Gasteiger partial charge is 0.263 e. The predicted molar refractivity (Wildman–Crippen MR) is 45.8 cm³/mol. The Labute approximate surface area is 70.0 Å². The smallest absolute Gasteiger partial charge is 0.0871 e. The van der Waals surface area contributed by atoms with Crippen LogP contribution in [0.4, 0.5) is 0 Å². The van der Waals surface area contributed by atoms with Gasteiger partial charge in [0.1, 0.15) is 0 Å². The summed E-state index contributed by atoms with van der Waals surface area (Å²) in [6.45, 7) is 1.85. The lowest BCUT2D eigenvalue weighted by molar-refractivity contribution is 1.30. The second kappa shape index (κ2) is 3.22. The van der Waals surface area contributed by atoms with Gasteiger partial charge in [-0.05, 0) is 13.0 Å². The summed E-state index contributed by atoms with van der Waals surface area (Å²) in [5.74, 6) is 0. The van der Waals surface area contributed by atoms with Gasteiger partial charge in [0.2, 0.25) is 0 Å². The van der Waals surface area contributed by atoms with Crippen molar-refractivity contribution in [2.75, 3.05) is 0 Å². The van der Waals surface area contributed by atoms with Crippen molar-refractivity contribution in [3.05, 3.63) is 22.9 Å². The first-order chi connectivity index (χ1) is 4.70. The Morgan fingerprint density at radius 3 is 3.00 bits per heavy atom. The normalized spacial score (nSPS) is 25.3. The molecule has 1 aliphatic rings. The summed E-state index contributed by atoms with van der Waals surface area (Å²) in [5, 5.41) is 0.519. The molecule has 1 rings (SSSR count). The molecule has 54 valence electrons. The van der Waals surface area contributed by atoms with E-state index < -0.39 is 0 Å². The Balaban J connectivity index is 2.91. The van der Waals surface area contributed by atoms with Gasteiger partial charge >= 0.3 is 0 Å². The Morgan fingerprint density at radius 2 is 2.30 bits per heavy atom. The number of hydrogen-bond donors (Lipinski definition) is 0. The summed E-state index contributed by atoms with van der Waals surface area (Å²) in [6, 6.07) is 0. The second-order valence-corrected chi connectivity index (χ2v) is 2.93. The number of nitrogens with zero attached hydrogens (tertiary/aromatic N) is 1. The van der Waals surface area contributed by atoms with Crippen LogP contribution in [0.2, 0.25) is 0 Å². The van der Waals surface area contributed by atoms with Crippen molar-refractivity contribution in [2.24, 2.45) is 4.99 Å². The SMILES string of the molecule is CC1=C(Cl)C=CC(Cl)C=N1. The number of aliphatic imine (C=N–C) groups is 1. The molecule has 1 atom stereocenters. The summed E-state index contributed by atoms with van der Waals surface area (Å²) < 4.78 is 0. The van der Waals surface area contributed by atoms with Crippen LogP contribution in [-0.2, 0) is 0 Å². The van der Waals surface area contributed by atoms with Crippen molar-refractivity contribution in [2.45, 2.75) is 12.3 Å². The van der Waals surface area contributed by atoms with E-state index in [9.17, 15) is 0 Å². The molecule has 0 bridgehead atoms. The molecule has 0 aliphatic carbocycles. The van der Waals surface area contributed by atoms with Crippen LogP contribution in [0.1, 0.15) is 6.92 Å². The molecule has 1 heterocycles. The molecule has 0 radical (unpaired) electrons. The zero-order valence-electron chi connectivity index (χ0n) is 5.51. The van der Waals surface area contributed by atoms with Gasteiger partial charge < -0.3 is 0 Å². The van der Waals surface area contributed by atoms with Gasteiger partial charge in [-0.2, -0.15) is 0 Å². The van der Waals surface area contributed by atoms with E-state index in [-0.39, 0.29) is 5.38 Å². The molecule has 0 amide bonds. The maximum absolute atomic E-state index is 5.76. The first-order valence-electron chi connectivity index (χ1n) is 2.93. The highest BCUT2D eigenvalue weighted by molar-refractivity contribution is 6.33. The molecule has 0 fully saturated rings. The van der Waals surface area contributed by atoms with E-state index in [1.807, 2.05) is 6.92 Å². The molecular formula is C7H7Cl2N. The van der Waals surface area contributed by atoms with Crippen molar-refractivity contribution in [3.8, 4) is 0 Å². The summed E-state index contributed by atoms with van der Waals surface area (Å²) in [7, 11) is 0. The number of allylic oxidation sites excluding steroid dienone is 4. The molecule has 3 heteroatoms. The number of halogens is 2. The highest BCUT2D eigenvalue weighted by atomic mass is 35.5. The van der Waals surface area contributed by atoms with Crippen LogP contribution in [0.25, 0.3) is 0 Å². The fourth-order valence-corrected chi connectivity index (χ4v) is 0.842. The van der Waals surface area contributed by atoms with Gasteiger partial charge in [0, 0.05) is 6.21 Å². The van der Waals surface area contributed by atoms with E-state index in [2.05, 4.69) is 4.99 Å². The second-order valence-electron chi connectivity index (χ2n) is 2.02. The van der Waals surface area contributed by atoms with Gasteiger partial charge in [-0.3, -0.25) is 4.99 Å². The van der Waals surface area contributed by atoms with E-state index in [0.717, 1.165) is 5.70 Å². The highest BCUT2D eigenvalue weighted by Crippen LogP contribution is 2.15. The van der Waals surface area contributed by atoms with Crippen molar-refractivity contribution in [1.82, 2.24) is 0 Å². The highest BCUT2D eigenvalue weighted by Gasteiger charge is 2.00. The molecule has 0 aromatic carbocycles. The van der Waals surface area contributed by atoms with Gasteiger partial charge in [0.05, 0.1) is 16.1 Å². The first kappa shape index (κ1) is 7.83. The van der Waals surface area contributed by atoms with Crippen molar-refractivity contribution >= 4 is 29.4 Å². The molecule has 0 spiro atoms. The Hall–Kier alpha value is -0.270. The fraction of sp³-hybridized carbons (Fsp3) is 0.286. The van der Waals surface area contributed by atoms with Gasteiger partial charge in [-0.25, -0.2) is 0 Å². The summed E-state index contributed by atoms with van der Waals surface area (Å²) in [5.41, 5.74) is 0.807. The van der Waals surface area contributed by atoms with Gasteiger partial charge in [0.25, 0.3) is 0 Å². The molecule has 0 aromatic heterocycles. The molecule has 0 saturated heterocycles. The quantitative estimate of drug-likeness (QED) is 0.503. The predicted octanol–water partition coefficient (Wildman–Crippen LogP) is 2.70. The van der Waals surface area contributed by atoms with Gasteiger partial charge in [0.15, 0.2) is 0 Å². The third-order valence-electron chi connectivity index (χ3n) is 1.18. The molecular weight excluding hydrogens is 169 g/mol. The van der Waals surface area contributed by atoms with E-state index in [1.54, 1.807) is 18.4 Å². The number of alkyl halides is 1. The lowest BCUT2D eigenvalue weighted by Crippen LogP contribution is -1.91. The molecule has 0 aromatic rings. The Morgan fingerprint density at radius 1 is 1.60 bits per heavy atom. The van der Waals surface area contributed by atoms with Crippen LogP contribution >= 0.6 is 23.2 Å². The zero-order chi connectivity index (χ0) is 7.56. The topological polar surface area (TPSA) is 12.4 Å². The molecule has 0 N–H and O–H groups in total. The number of rotatable bonds is 0. The molecule has 1 aliphatic heterocycles. The lowest BCUT2D eigenvalue weighted by Gasteiger charge is -1.89.